The van der Waals surface area contributed by atoms with E-state index >= 15 is 0 Å². The highest BCUT2D eigenvalue weighted by atomic mass is 16.3. The number of aliphatic hydroxyl groups is 1. The average Bonchev–Trinajstić information content (AvgIpc) is 2.96. The first-order chi connectivity index (χ1) is 11.5. The SMILES string of the molecule is CCC.NC(=O)[C@H](Cc1c[nH]c2ccccc12)NC(=O)CCCO. The standard InChI is InChI=1S/C15H19N3O3.C3H8/c16-15(21)13(18-14(20)6-3-7-19)8-10-9-17-12-5-2-1-4-11(10)12;1-3-2/h1-2,4-5,9,13,17,19H,3,6-8H2,(H2,16,21)(H,18,20);3H2,1-2H3/t13-;/m0./s1. The number of carbonyl (C=O) groups is 2. The van der Waals surface area contributed by atoms with Gasteiger partial charge in [-0.2, -0.15) is 0 Å². The molecule has 24 heavy (non-hydrogen) atoms. The van der Waals surface area contributed by atoms with Crippen molar-refractivity contribution >= 4 is 22.7 Å². The third-order valence-electron chi connectivity index (χ3n) is 3.34. The summed E-state index contributed by atoms with van der Waals surface area (Å²) < 4.78 is 0. The highest BCUT2D eigenvalue weighted by Gasteiger charge is 2.19. The molecule has 0 unspecified atom stereocenters. The van der Waals surface area contributed by atoms with Gasteiger partial charge in [0, 0.05) is 36.5 Å². The largest absolute Gasteiger partial charge is 0.396 e. The number of aromatic amines is 1. The molecule has 0 aliphatic carbocycles. The summed E-state index contributed by atoms with van der Waals surface area (Å²) in [6.45, 7) is 4.19. The smallest absolute Gasteiger partial charge is 0.240 e. The summed E-state index contributed by atoms with van der Waals surface area (Å²) in [5.74, 6) is -0.856. The second-order valence-corrected chi connectivity index (χ2v) is 5.62. The van der Waals surface area contributed by atoms with Crippen LogP contribution in [0.4, 0.5) is 0 Å². The molecular weight excluding hydrogens is 306 g/mol. The van der Waals surface area contributed by atoms with E-state index < -0.39 is 11.9 Å². The maximum atomic E-state index is 11.7. The summed E-state index contributed by atoms with van der Waals surface area (Å²) in [6, 6.07) is 6.98. The molecule has 0 fully saturated rings. The van der Waals surface area contributed by atoms with Crippen molar-refractivity contribution in [2.24, 2.45) is 5.73 Å². The van der Waals surface area contributed by atoms with Crippen LogP contribution in [0.2, 0.25) is 0 Å². The van der Waals surface area contributed by atoms with Gasteiger partial charge in [-0.05, 0) is 18.1 Å². The molecule has 2 rings (SSSR count). The van der Waals surface area contributed by atoms with Crippen molar-refractivity contribution in [1.29, 1.82) is 0 Å². The highest BCUT2D eigenvalue weighted by molar-refractivity contribution is 5.88. The lowest BCUT2D eigenvalue weighted by Crippen LogP contribution is -2.45. The second kappa shape index (κ2) is 10.4. The van der Waals surface area contributed by atoms with Crippen molar-refractivity contribution in [2.45, 2.75) is 45.6 Å². The number of hydrogen-bond donors (Lipinski definition) is 4. The van der Waals surface area contributed by atoms with Gasteiger partial charge in [-0.1, -0.05) is 38.5 Å². The summed E-state index contributed by atoms with van der Waals surface area (Å²) in [5.41, 5.74) is 7.26. The zero-order valence-electron chi connectivity index (χ0n) is 14.3. The zero-order chi connectivity index (χ0) is 17.9. The fourth-order valence-corrected chi connectivity index (χ4v) is 2.25. The topological polar surface area (TPSA) is 108 Å². The minimum Gasteiger partial charge on any atom is -0.396 e. The predicted octanol–water partition coefficient (Wildman–Crippen LogP) is 1.87. The van der Waals surface area contributed by atoms with Crippen LogP contribution in [0, 0.1) is 0 Å². The van der Waals surface area contributed by atoms with Gasteiger partial charge in [0.2, 0.25) is 11.8 Å². The van der Waals surface area contributed by atoms with Gasteiger partial charge < -0.3 is 21.1 Å². The van der Waals surface area contributed by atoms with E-state index in [1.165, 1.54) is 6.42 Å². The fourth-order valence-electron chi connectivity index (χ4n) is 2.25. The van der Waals surface area contributed by atoms with Gasteiger partial charge in [-0.3, -0.25) is 9.59 Å². The molecule has 1 aromatic carbocycles. The van der Waals surface area contributed by atoms with E-state index in [1.54, 1.807) is 0 Å². The van der Waals surface area contributed by atoms with Crippen molar-refractivity contribution in [3.63, 3.8) is 0 Å². The lowest BCUT2D eigenvalue weighted by molar-refractivity contribution is -0.127. The number of rotatable bonds is 7. The molecule has 6 nitrogen and oxygen atoms in total. The maximum Gasteiger partial charge on any atom is 0.240 e. The molecule has 0 radical (unpaired) electrons. The molecule has 0 saturated heterocycles. The molecule has 1 atom stereocenters. The van der Waals surface area contributed by atoms with Crippen molar-refractivity contribution in [1.82, 2.24) is 10.3 Å². The molecule has 0 aliphatic heterocycles. The number of benzene rings is 1. The first-order valence-corrected chi connectivity index (χ1v) is 8.27. The van der Waals surface area contributed by atoms with Crippen LogP contribution in [0.3, 0.4) is 0 Å². The Morgan fingerprint density at radius 1 is 1.29 bits per heavy atom. The minimum atomic E-state index is -0.754. The Morgan fingerprint density at radius 2 is 1.96 bits per heavy atom. The molecule has 2 amide bonds. The van der Waals surface area contributed by atoms with E-state index in [4.69, 9.17) is 10.8 Å². The van der Waals surface area contributed by atoms with E-state index in [-0.39, 0.29) is 18.9 Å². The number of hydrogen-bond acceptors (Lipinski definition) is 3. The fraction of sp³-hybridized carbons (Fsp3) is 0.444. The zero-order valence-corrected chi connectivity index (χ0v) is 14.3. The van der Waals surface area contributed by atoms with Gasteiger partial charge in [0.1, 0.15) is 6.04 Å². The number of amides is 2. The number of nitrogens with one attached hydrogen (secondary N) is 2. The lowest BCUT2D eigenvalue weighted by atomic mass is 10.0. The van der Waals surface area contributed by atoms with Crippen LogP contribution in [0.15, 0.2) is 30.5 Å². The predicted molar refractivity (Wildman–Crippen MR) is 95.4 cm³/mol. The van der Waals surface area contributed by atoms with Crippen molar-refractivity contribution in [3.8, 4) is 0 Å². The highest BCUT2D eigenvalue weighted by Crippen LogP contribution is 2.19. The van der Waals surface area contributed by atoms with Crippen molar-refractivity contribution in [2.75, 3.05) is 6.61 Å². The molecule has 0 saturated carbocycles. The number of H-pyrrole nitrogens is 1. The van der Waals surface area contributed by atoms with Crippen LogP contribution in [0.25, 0.3) is 10.9 Å². The maximum absolute atomic E-state index is 11.7. The number of fused-ring (bicyclic) bond motifs is 1. The van der Waals surface area contributed by atoms with E-state index in [0.29, 0.717) is 12.8 Å². The Kier molecular flexibility index (Phi) is 8.57. The average molecular weight is 333 g/mol. The molecular formula is C18H27N3O3. The van der Waals surface area contributed by atoms with Crippen LogP contribution in [0.1, 0.15) is 38.7 Å². The number of nitrogens with two attached hydrogens (primary N) is 1. The molecule has 0 aliphatic rings. The van der Waals surface area contributed by atoms with Crippen molar-refractivity contribution < 1.29 is 14.7 Å². The second-order valence-electron chi connectivity index (χ2n) is 5.62. The molecule has 5 N–H and O–H groups in total. The molecule has 2 aromatic rings. The lowest BCUT2D eigenvalue weighted by Gasteiger charge is -2.15. The molecule has 1 aromatic heterocycles. The summed E-state index contributed by atoms with van der Waals surface area (Å²) >= 11 is 0. The van der Waals surface area contributed by atoms with E-state index in [2.05, 4.69) is 24.1 Å². The third-order valence-corrected chi connectivity index (χ3v) is 3.34. The molecule has 1 heterocycles. The summed E-state index contributed by atoms with van der Waals surface area (Å²) in [6.07, 6.45) is 3.95. The Hall–Kier alpha value is -2.34. The van der Waals surface area contributed by atoms with Gasteiger partial charge in [0.15, 0.2) is 0 Å². The quantitative estimate of drug-likeness (QED) is 0.621. The van der Waals surface area contributed by atoms with Crippen LogP contribution in [0.5, 0.6) is 0 Å². The van der Waals surface area contributed by atoms with E-state index in [0.717, 1.165) is 16.5 Å². The van der Waals surface area contributed by atoms with Crippen LogP contribution in [-0.4, -0.2) is 34.6 Å². The third kappa shape index (κ3) is 6.04. The van der Waals surface area contributed by atoms with Gasteiger partial charge in [0.25, 0.3) is 0 Å². The van der Waals surface area contributed by atoms with Crippen LogP contribution < -0.4 is 11.1 Å². The summed E-state index contributed by atoms with van der Waals surface area (Å²) in [7, 11) is 0. The molecule has 0 spiro atoms. The van der Waals surface area contributed by atoms with Gasteiger partial charge in [0.05, 0.1) is 0 Å². The Labute approximate surface area is 142 Å². The first kappa shape index (κ1) is 19.7. The van der Waals surface area contributed by atoms with Crippen LogP contribution in [-0.2, 0) is 16.0 Å². The summed E-state index contributed by atoms with van der Waals surface area (Å²) in [4.78, 5) is 26.3. The number of aromatic nitrogens is 1. The van der Waals surface area contributed by atoms with Gasteiger partial charge in [-0.25, -0.2) is 0 Å². The normalized spacial score (nSPS) is 11.5. The van der Waals surface area contributed by atoms with E-state index in [9.17, 15) is 9.59 Å². The van der Waals surface area contributed by atoms with Gasteiger partial charge >= 0.3 is 0 Å². The number of carbonyl (C=O) groups excluding carboxylic acids is 2. The Balaban J connectivity index is 0.000000891. The Morgan fingerprint density at radius 3 is 2.58 bits per heavy atom. The summed E-state index contributed by atoms with van der Waals surface area (Å²) in [5, 5.41) is 12.3. The number of para-hydroxylation sites is 1. The number of aliphatic hydroxyl groups excluding tert-OH is 1. The number of primary amides is 1. The van der Waals surface area contributed by atoms with Gasteiger partial charge in [-0.15, -0.1) is 0 Å². The minimum absolute atomic E-state index is 0.0584. The van der Waals surface area contributed by atoms with E-state index in [1.807, 2.05) is 30.5 Å². The van der Waals surface area contributed by atoms with Crippen molar-refractivity contribution in [3.05, 3.63) is 36.0 Å². The molecule has 132 valence electrons. The monoisotopic (exact) mass is 333 g/mol. The molecule has 0 bridgehead atoms. The first-order valence-electron chi connectivity index (χ1n) is 8.27. The Bertz CT molecular complexity index is 652. The molecule has 6 heteroatoms. The van der Waals surface area contributed by atoms with Crippen LogP contribution >= 0.6 is 0 Å².